The van der Waals surface area contributed by atoms with Crippen LogP contribution in [0.4, 0.5) is 5.69 Å². The molecule has 0 unspecified atom stereocenters. The molecular formula is C23H19ClN2O3. The van der Waals surface area contributed by atoms with Gasteiger partial charge in [0.15, 0.2) is 0 Å². The van der Waals surface area contributed by atoms with E-state index in [2.05, 4.69) is 5.32 Å². The molecule has 3 rings (SSSR count). The Morgan fingerprint density at radius 3 is 2.55 bits per heavy atom. The summed E-state index contributed by atoms with van der Waals surface area (Å²) < 4.78 is 10.8. The molecule has 0 aliphatic rings. The summed E-state index contributed by atoms with van der Waals surface area (Å²) in [6.45, 7) is 1.85. The lowest BCUT2D eigenvalue weighted by Crippen LogP contribution is -2.14. The maximum atomic E-state index is 12.8. The lowest BCUT2D eigenvalue weighted by atomic mass is 10.0. The minimum absolute atomic E-state index is 0.0574. The molecule has 0 heterocycles. The van der Waals surface area contributed by atoms with E-state index in [-0.39, 0.29) is 5.57 Å². The maximum absolute atomic E-state index is 12.8. The van der Waals surface area contributed by atoms with Crippen LogP contribution in [0.1, 0.15) is 11.1 Å². The quantitative estimate of drug-likeness (QED) is 0.457. The van der Waals surface area contributed by atoms with Crippen LogP contribution in [0.25, 0.3) is 16.8 Å². The van der Waals surface area contributed by atoms with Crippen molar-refractivity contribution in [2.45, 2.75) is 6.92 Å². The van der Waals surface area contributed by atoms with Crippen LogP contribution in [-0.2, 0) is 4.79 Å². The molecule has 0 aromatic heterocycles. The zero-order chi connectivity index (χ0) is 21.0. The number of carbonyl (C=O) groups excluding carboxylic acids is 1. The van der Waals surface area contributed by atoms with E-state index in [1.54, 1.807) is 38.5 Å². The molecule has 0 bridgehead atoms. The number of hydrogen-bond acceptors (Lipinski definition) is 4. The number of nitrogens with zero attached hydrogens (tertiary/aromatic N) is 1. The van der Waals surface area contributed by atoms with Crippen molar-refractivity contribution in [1.29, 1.82) is 5.26 Å². The molecule has 0 fully saturated rings. The average molecular weight is 407 g/mol. The highest BCUT2D eigenvalue weighted by Gasteiger charge is 2.15. The van der Waals surface area contributed by atoms with Crippen molar-refractivity contribution in [3.05, 3.63) is 70.3 Å². The second kappa shape index (κ2) is 8.68. The molecule has 3 aromatic carbocycles. The predicted octanol–water partition coefficient (Wildman–Crippen LogP) is 5.36. The molecule has 5 nitrogen and oxygen atoms in total. The third-order valence-electron chi connectivity index (χ3n) is 4.55. The Labute approximate surface area is 174 Å². The fourth-order valence-corrected chi connectivity index (χ4v) is 3.14. The Bertz CT molecular complexity index is 1160. The maximum Gasteiger partial charge on any atom is 0.266 e. The van der Waals surface area contributed by atoms with Crippen LogP contribution in [-0.4, -0.2) is 20.1 Å². The molecule has 29 heavy (non-hydrogen) atoms. The number of anilines is 1. The van der Waals surface area contributed by atoms with Crippen molar-refractivity contribution in [1.82, 2.24) is 0 Å². The van der Waals surface area contributed by atoms with Crippen LogP contribution in [0.3, 0.4) is 0 Å². The van der Waals surface area contributed by atoms with Gasteiger partial charge >= 0.3 is 0 Å². The average Bonchev–Trinajstić information content (AvgIpc) is 2.73. The zero-order valence-corrected chi connectivity index (χ0v) is 17.0. The van der Waals surface area contributed by atoms with Gasteiger partial charge in [0.1, 0.15) is 23.1 Å². The fraction of sp³-hybridized carbons (Fsp3) is 0.130. The lowest BCUT2D eigenvalue weighted by Gasteiger charge is -2.12. The summed E-state index contributed by atoms with van der Waals surface area (Å²) in [5.74, 6) is 0.683. The van der Waals surface area contributed by atoms with Gasteiger partial charge < -0.3 is 14.8 Å². The van der Waals surface area contributed by atoms with E-state index in [0.717, 1.165) is 16.3 Å². The monoisotopic (exact) mass is 406 g/mol. The molecule has 0 aliphatic heterocycles. The summed E-state index contributed by atoms with van der Waals surface area (Å²) in [7, 11) is 3.12. The summed E-state index contributed by atoms with van der Waals surface area (Å²) in [5.41, 5.74) is 1.96. The molecule has 146 valence electrons. The summed E-state index contributed by atoms with van der Waals surface area (Å²) in [5, 5.41) is 14.6. The number of nitriles is 1. The Morgan fingerprint density at radius 2 is 1.86 bits per heavy atom. The van der Waals surface area contributed by atoms with Gasteiger partial charge in [0.05, 0.1) is 14.2 Å². The van der Waals surface area contributed by atoms with Crippen LogP contribution in [0.5, 0.6) is 11.5 Å². The highest BCUT2D eigenvalue weighted by Crippen LogP contribution is 2.32. The van der Waals surface area contributed by atoms with Crippen molar-refractivity contribution < 1.29 is 14.3 Å². The number of aryl methyl sites for hydroxylation is 1. The van der Waals surface area contributed by atoms with Gasteiger partial charge in [0, 0.05) is 16.3 Å². The molecule has 0 atom stereocenters. The molecule has 3 aromatic rings. The Morgan fingerprint density at radius 1 is 1.10 bits per heavy atom. The highest BCUT2D eigenvalue weighted by molar-refractivity contribution is 6.31. The number of carbonyl (C=O) groups is 1. The van der Waals surface area contributed by atoms with E-state index in [1.807, 2.05) is 37.3 Å². The second-order valence-electron chi connectivity index (χ2n) is 6.35. The fourth-order valence-electron chi connectivity index (χ4n) is 2.97. The number of amides is 1. The van der Waals surface area contributed by atoms with Gasteiger partial charge in [-0.25, -0.2) is 0 Å². The zero-order valence-electron chi connectivity index (χ0n) is 16.2. The summed E-state index contributed by atoms with van der Waals surface area (Å²) in [6, 6.07) is 16.5. The molecule has 0 radical (unpaired) electrons. The molecule has 6 heteroatoms. The Hall–Kier alpha value is -3.49. The first-order chi connectivity index (χ1) is 14.0. The number of ether oxygens (including phenoxy) is 2. The molecule has 0 saturated heterocycles. The standard InChI is InChI=1S/C23H19ClN2O3/c1-14-4-7-17(24)11-21(14)26-23(27)16(13-25)10-20-19-12-18(28-2)8-5-15(19)6-9-22(20)29-3/h4-12H,1-3H3,(H,26,27)/b16-10+. The molecule has 0 saturated carbocycles. The Kier molecular flexibility index (Phi) is 6.06. The topological polar surface area (TPSA) is 71.3 Å². The summed E-state index contributed by atoms with van der Waals surface area (Å²) in [4.78, 5) is 12.8. The van der Waals surface area contributed by atoms with E-state index < -0.39 is 5.91 Å². The largest absolute Gasteiger partial charge is 0.497 e. The smallest absolute Gasteiger partial charge is 0.266 e. The van der Waals surface area contributed by atoms with E-state index in [0.29, 0.717) is 27.8 Å². The minimum atomic E-state index is -0.528. The van der Waals surface area contributed by atoms with Crippen LogP contribution in [0.2, 0.25) is 5.02 Å². The number of rotatable bonds is 5. The van der Waals surface area contributed by atoms with Gasteiger partial charge in [-0.3, -0.25) is 4.79 Å². The molecule has 0 spiro atoms. The number of methoxy groups -OCH3 is 2. The summed E-state index contributed by atoms with van der Waals surface area (Å²) >= 11 is 6.02. The number of hydrogen-bond donors (Lipinski definition) is 1. The van der Waals surface area contributed by atoms with Crippen molar-refractivity contribution in [2.75, 3.05) is 19.5 Å². The molecule has 1 N–H and O–H groups in total. The van der Waals surface area contributed by atoms with Crippen LogP contribution in [0, 0.1) is 18.3 Å². The minimum Gasteiger partial charge on any atom is -0.497 e. The van der Waals surface area contributed by atoms with Crippen molar-refractivity contribution in [2.24, 2.45) is 0 Å². The predicted molar refractivity (Wildman–Crippen MR) is 115 cm³/mol. The van der Waals surface area contributed by atoms with E-state index in [9.17, 15) is 10.1 Å². The number of fused-ring (bicyclic) bond motifs is 1. The molecular weight excluding hydrogens is 388 g/mol. The van der Waals surface area contributed by atoms with E-state index in [4.69, 9.17) is 21.1 Å². The van der Waals surface area contributed by atoms with E-state index >= 15 is 0 Å². The SMILES string of the molecule is COc1ccc2ccc(OC)c(/C=C(\C#N)C(=O)Nc3cc(Cl)ccc3C)c2c1. The first-order valence-electron chi connectivity index (χ1n) is 8.81. The Balaban J connectivity index is 2.08. The van der Waals surface area contributed by atoms with Crippen molar-refractivity contribution >= 4 is 40.0 Å². The van der Waals surface area contributed by atoms with Gasteiger partial charge in [0.25, 0.3) is 5.91 Å². The van der Waals surface area contributed by atoms with Gasteiger partial charge in [-0.05, 0) is 59.7 Å². The lowest BCUT2D eigenvalue weighted by molar-refractivity contribution is -0.112. The third-order valence-corrected chi connectivity index (χ3v) is 4.79. The first kappa shape index (κ1) is 20.2. The third kappa shape index (κ3) is 4.34. The number of benzene rings is 3. The van der Waals surface area contributed by atoms with E-state index in [1.165, 1.54) is 6.08 Å². The van der Waals surface area contributed by atoms with Gasteiger partial charge in [0.2, 0.25) is 0 Å². The normalized spacial score (nSPS) is 11.1. The highest BCUT2D eigenvalue weighted by atomic mass is 35.5. The number of nitrogens with one attached hydrogen (secondary N) is 1. The first-order valence-corrected chi connectivity index (χ1v) is 9.18. The van der Waals surface area contributed by atoms with Crippen LogP contribution < -0.4 is 14.8 Å². The van der Waals surface area contributed by atoms with Crippen molar-refractivity contribution in [3.8, 4) is 17.6 Å². The van der Waals surface area contributed by atoms with Gasteiger partial charge in [-0.15, -0.1) is 0 Å². The van der Waals surface area contributed by atoms with Gasteiger partial charge in [-0.1, -0.05) is 29.8 Å². The molecule has 1 amide bonds. The number of halogens is 1. The van der Waals surface area contributed by atoms with Crippen molar-refractivity contribution in [3.63, 3.8) is 0 Å². The molecule has 0 aliphatic carbocycles. The van der Waals surface area contributed by atoms with Crippen LogP contribution in [0.15, 0.2) is 54.1 Å². The second-order valence-corrected chi connectivity index (χ2v) is 6.79. The van der Waals surface area contributed by atoms with Crippen LogP contribution >= 0.6 is 11.6 Å². The van der Waals surface area contributed by atoms with Gasteiger partial charge in [-0.2, -0.15) is 5.26 Å². The summed E-state index contributed by atoms with van der Waals surface area (Å²) in [6.07, 6.45) is 1.52.